The van der Waals surface area contributed by atoms with E-state index >= 15 is 0 Å². The maximum absolute atomic E-state index is 13.6. The molecule has 26 heavy (non-hydrogen) atoms. The second-order valence-corrected chi connectivity index (χ2v) is 6.68. The van der Waals surface area contributed by atoms with Crippen molar-refractivity contribution in [1.82, 2.24) is 15.5 Å². The van der Waals surface area contributed by atoms with Crippen LogP contribution in [0.5, 0.6) is 0 Å². The molecule has 0 radical (unpaired) electrons. The van der Waals surface area contributed by atoms with E-state index in [9.17, 15) is 9.18 Å². The number of carbonyl (C=O) groups is 1. The average molecular weight is 476 g/mol. The third-order valence-corrected chi connectivity index (χ3v) is 4.95. The molecule has 1 atom stereocenters. The number of halogens is 2. The summed E-state index contributed by atoms with van der Waals surface area (Å²) in [5.41, 5.74) is 0.339. The number of likely N-dealkylation sites (tertiary alicyclic amines) is 1. The van der Waals surface area contributed by atoms with Crippen molar-refractivity contribution in [3.05, 3.63) is 35.6 Å². The Balaban J connectivity index is 0.00000243. The summed E-state index contributed by atoms with van der Waals surface area (Å²) in [6, 6.07) is 5.97. The van der Waals surface area contributed by atoms with E-state index in [1.54, 1.807) is 19.2 Å². The van der Waals surface area contributed by atoms with E-state index < -0.39 is 11.7 Å². The van der Waals surface area contributed by atoms with Gasteiger partial charge in [-0.2, -0.15) is 0 Å². The zero-order valence-electron chi connectivity index (χ0n) is 15.0. The highest BCUT2D eigenvalue weighted by Gasteiger charge is 2.42. The van der Waals surface area contributed by atoms with Gasteiger partial charge in [-0.15, -0.1) is 24.0 Å². The Bertz CT molecular complexity index is 650. The first-order valence-corrected chi connectivity index (χ1v) is 8.70. The van der Waals surface area contributed by atoms with E-state index in [0.29, 0.717) is 13.1 Å². The number of amides is 1. The van der Waals surface area contributed by atoms with Crippen LogP contribution in [-0.4, -0.2) is 63.2 Å². The van der Waals surface area contributed by atoms with Crippen LogP contribution in [0.3, 0.4) is 0 Å². The Morgan fingerprint density at radius 3 is 2.77 bits per heavy atom. The van der Waals surface area contributed by atoms with Gasteiger partial charge in [-0.05, 0) is 25.0 Å². The minimum atomic E-state index is -0.509. The number of carbonyl (C=O) groups excluding carboxylic acids is 1. The summed E-state index contributed by atoms with van der Waals surface area (Å²) < 4.78 is 19.1. The summed E-state index contributed by atoms with van der Waals surface area (Å²) in [7, 11) is 1.76. The fraction of sp³-hybridized carbons (Fsp3) is 0.556. The number of hydrogen-bond acceptors (Lipinski definition) is 3. The molecule has 8 heteroatoms. The van der Waals surface area contributed by atoms with Crippen LogP contribution in [0.25, 0.3) is 0 Å². The first-order chi connectivity index (χ1) is 12.1. The lowest BCUT2D eigenvalue weighted by atomic mass is 9.87. The van der Waals surface area contributed by atoms with Gasteiger partial charge in [0.15, 0.2) is 5.96 Å². The van der Waals surface area contributed by atoms with Crippen molar-refractivity contribution in [3.63, 3.8) is 0 Å². The minimum absolute atomic E-state index is 0. The van der Waals surface area contributed by atoms with E-state index in [4.69, 9.17) is 4.74 Å². The molecule has 6 nitrogen and oxygen atoms in total. The number of rotatable bonds is 4. The van der Waals surface area contributed by atoms with Crippen LogP contribution in [0.15, 0.2) is 29.3 Å². The van der Waals surface area contributed by atoms with Gasteiger partial charge in [-0.3, -0.25) is 9.79 Å². The molecule has 144 valence electrons. The first kappa shape index (κ1) is 20.9. The second-order valence-electron chi connectivity index (χ2n) is 6.68. The number of benzene rings is 1. The first-order valence-electron chi connectivity index (χ1n) is 8.70. The molecule has 2 saturated heterocycles. The molecular weight excluding hydrogens is 450 g/mol. The van der Waals surface area contributed by atoms with Crippen molar-refractivity contribution in [2.75, 3.05) is 46.4 Å². The standard InChI is InChI=1S/C18H25FN4O2.HI/c1-20-17(23-10-6-18(12-23)7-11-25-13-18)22-9-8-21-16(24)14-4-2-3-5-15(14)19;/h2-5H,6-13H2,1H3,(H,20,22)(H,21,24);1H. The van der Waals surface area contributed by atoms with Gasteiger partial charge < -0.3 is 20.3 Å². The van der Waals surface area contributed by atoms with Crippen LogP contribution in [-0.2, 0) is 4.74 Å². The molecule has 2 N–H and O–H groups in total. The molecule has 0 bridgehead atoms. The average Bonchev–Trinajstić information content (AvgIpc) is 3.25. The summed E-state index contributed by atoms with van der Waals surface area (Å²) in [6.07, 6.45) is 2.23. The summed E-state index contributed by atoms with van der Waals surface area (Å²) in [4.78, 5) is 18.5. The number of guanidine groups is 1. The number of ether oxygens (including phenoxy) is 1. The lowest BCUT2D eigenvalue weighted by Crippen LogP contribution is -2.44. The van der Waals surface area contributed by atoms with Gasteiger partial charge in [-0.25, -0.2) is 4.39 Å². The van der Waals surface area contributed by atoms with Crippen LogP contribution in [0.1, 0.15) is 23.2 Å². The maximum atomic E-state index is 13.6. The molecule has 2 aliphatic heterocycles. The van der Waals surface area contributed by atoms with Crippen LogP contribution in [0.4, 0.5) is 4.39 Å². The van der Waals surface area contributed by atoms with Crippen LogP contribution >= 0.6 is 24.0 Å². The number of nitrogens with zero attached hydrogens (tertiary/aromatic N) is 2. The van der Waals surface area contributed by atoms with E-state index in [1.807, 2.05) is 0 Å². The predicted octanol–water partition coefficient (Wildman–Crippen LogP) is 1.86. The van der Waals surface area contributed by atoms with Crippen molar-refractivity contribution in [3.8, 4) is 0 Å². The maximum Gasteiger partial charge on any atom is 0.254 e. The Kier molecular flexibility index (Phi) is 7.63. The van der Waals surface area contributed by atoms with Gasteiger partial charge in [-0.1, -0.05) is 12.1 Å². The summed E-state index contributed by atoms with van der Waals surface area (Å²) in [5.74, 6) is -0.0769. The third-order valence-electron chi connectivity index (χ3n) is 4.95. The highest BCUT2D eigenvalue weighted by molar-refractivity contribution is 14.0. The third kappa shape index (κ3) is 4.85. The normalized spacial score (nSPS) is 22.4. The SMILES string of the molecule is CN=C(NCCNC(=O)c1ccccc1F)N1CCC2(CCOC2)C1.I. The van der Waals surface area contributed by atoms with E-state index in [0.717, 1.165) is 45.1 Å². The Morgan fingerprint density at radius 2 is 2.08 bits per heavy atom. The Labute approximate surface area is 170 Å². The molecule has 1 unspecified atom stereocenters. The van der Waals surface area contributed by atoms with Crippen molar-refractivity contribution < 1.29 is 13.9 Å². The lowest BCUT2D eigenvalue weighted by molar-refractivity contribution is 0.0950. The van der Waals surface area contributed by atoms with Gasteiger partial charge in [0.25, 0.3) is 5.91 Å². The molecule has 2 fully saturated rings. The van der Waals surface area contributed by atoms with Crippen molar-refractivity contribution in [2.45, 2.75) is 12.8 Å². The molecule has 2 aliphatic rings. The van der Waals surface area contributed by atoms with Gasteiger partial charge in [0.1, 0.15) is 5.82 Å². The van der Waals surface area contributed by atoms with Crippen molar-refractivity contribution >= 4 is 35.8 Å². The number of nitrogens with one attached hydrogen (secondary N) is 2. The smallest absolute Gasteiger partial charge is 0.254 e. The summed E-state index contributed by atoms with van der Waals surface area (Å²) >= 11 is 0. The Morgan fingerprint density at radius 1 is 1.31 bits per heavy atom. The zero-order valence-corrected chi connectivity index (χ0v) is 17.3. The largest absolute Gasteiger partial charge is 0.381 e. The van der Waals surface area contributed by atoms with E-state index in [-0.39, 0.29) is 35.0 Å². The fourth-order valence-electron chi connectivity index (χ4n) is 3.51. The van der Waals surface area contributed by atoms with Crippen LogP contribution in [0, 0.1) is 11.2 Å². The molecule has 1 spiro atoms. The van der Waals surface area contributed by atoms with Gasteiger partial charge >= 0.3 is 0 Å². The number of aliphatic imine (C=N–C) groups is 1. The summed E-state index contributed by atoms with van der Waals surface area (Å²) in [6.45, 7) is 4.53. The monoisotopic (exact) mass is 476 g/mol. The highest BCUT2D eigenvalue weighted by Crippen LogP contribution is 2.38. The van der Waals surface area contributed by atoms with Crippen molar-refractivity contribution in [2.24, 2.45) is 10.4 Å². The molecule has 3 rings (SSSR count). The summed E-state index contributed by atoms with van der Waals surface area (Å²) in [5, 5.41) is 5.99. The van der Waals surface area contributed by atoms with Crippen molar-refractivity contribution in [1.29, 1.82) is 0 Å². The van der Waals surface area contributed by atoms with E-state index in [1.165, 1.54) is 12.1 Å². The molecule has 0 saturated carbocycles. The lowest BCUT2D eigenvalue weighted by Gasteiger charge is -2.25. The Hall–Kier alpha value is -1.42. The zero-order chi connectivity index (χ0) is 17.7. The molecule has 1 aromatic rings. The van der Waals surface area contributed by atoms with E-state index in [2.05, 4.69) is 20.5 Å². The molecule has 1 amide bonds. The molecular formula is C18H26FIN4O2. The van der Waals surface area contributed by atoms with Gasteiger partial charge in [0.2, 0.25) is 0 Å². The van der Waals surface area contributed by atoms with Crippen LogP contribution in [0.2, 0.25) is 0 Å². The number of hydrogen-bond donors (Lipinski definition) is 2. The fourth-order valence-corrected chi connectivity index (χ4v) is 3.51. The topological polar surface area (TPSA) is 66.0 Å². The quantitative estimate of drug-likeness (QED) is 0.302. The molecule has 0 aromatic heterocycles. The van der Waals surface area contributed by atoms with Gasteiger partial charge in [0.05, 0.1) is 12.2 Å². The predicted molar refractivity (Wildman–Crippen MR) is 110 cm³/mol. The second kappa shape index (κ2) is 9.50. The molecule has 1 aromatic carbocycles. The highest BCUT2D eigenvalue weighted by atomic mass is 127. The minimum Gasteiger partial charge on any atom is -0.381 e. The molecule has 2 heterocycles. The molecule has 0 aliphatic carbocycles. The van der Waals surface area contributed by atoms with Crippen LogP contribution < -0.4 is 10.6 Å². The van der Waals surface area contributed by atoms with Gasteiger partial charge in [0, 0.05) is 45.2 Å².